The highest BCUT2D eigenvalue weighted by Crippen LogP contribution is 2.36. The molecule has 0 bridgehead atoms. The normalized spacial score (nSPS) is 14.6. The molecule has 0 unspecified atom stereocenters. The molecule has 0 saturated carbocycles. The highest BCUT2D eigenvalue weighted by molar-refractivity contribution is 6.04. The van der Waals surface area contributed by atoms with Gasteiger partial charge in [0.1, 0.15) is 12.3 Å². The molecule has 132 valence electrons. The Hall–Kier alpha value is -2.97. The minimum Gasteiger partial charge on any atom is -0.442 e. The van der Waals surface area contributed by atoms with E-state index in [4.69, 9.17) is 4.74 Å². The number of hydrazone groups is 1. The minimum atomic E-state index is -4.54. The maximum Gasteiger partial charge on any atom is 0.428 e. The molecule has 3 rings (SSSR count). The fourth-order valence-corrected chi connectivity index (χ4v) is 2.44. The molecule has 1 aliphatic heterocycles. The van der Waals surface area contributed by atoms with Crippen molar-refractivity contribution in [1.82, 2.24) is 9.99 Å². The molecule has 0 saturated heterocycles. The molecule has 1 aromatic heterocycles. The first-order valence-electron chi connectivity index (χ1n) is 7.39. The number of aromatic nitrogens is 1. The zero-order valence-electron chi connectivity index (χ0n) is 13.2. The summed E-state index contributed by atoms with van der Waals surface area (Å²) in [5, 5.41) is 6.55. The number of ether oxygens (including phenoxy) is 1. The van der Waals surface area contributed by atoms with Crippen LogP contribution in [0.1, 0.15) is 16.8 Å². The molecule has 6 nitrogen and oxygen atoms in total. The van der Waals surface area contributed by atoms with Crippen LogP contribution in [0.25, 0.3) is 0 Å². The second-order valence-corrected chi connectivity index (χ2v) is 5.47. The van der Waals surface area contributed by atoms with Crippen LogP contribution in [0.3, 0.4) is 0 Å². The van der Waals surface area contributed by atoms with Crippen LogP contribution in [-0.4, -0.2) is 23.0 Å². The smallest absolute Gasteiger partial charge is 0.428 e. The monoisotopic (exact) mass is 352 g/mol. The van der Waals surface area contributed by atoms with Gasteiger partial charge in [-0.1, -0.05) is 6.07 Å². The van der Waals surface area contributed by atoms with Gasteiger partial charge in [-0.05, 0) is 24.3 Å². The van der Waals surface area contributed by atoms with Crippen molar-refractivity contribution in [3.8, 4) is 0 Å². The summed E-state index contributed by atoms with van der Waals surface area (Å²) in [4.78, 5) is 10.9. The average Bonchev–Trinajstić information content (AvgIpc) is 2.98. The minimum absolute atomic E-state index is 0.0289. The van der Waals surface area contributed by atoms with E-state index in [9.17, 15) is 18.0 Å². The van der Waals surface area contributed by atoms with E-state index in [2.05, 4.69) is 15.8 Å². The molecule has 0 spiro atoms. The highest BCUT2D eigenvalue weighted by atomic mass is 19.4. The van der Waals surface area contributed by atoms with Gasteiger partial charge in [0.15, 0.2) is 0 Å². The van der Waals surface area contributed by atoms with Crippen LogP contribution >= 0.6 is 0 Å². The Morgan fingerprint density at radius 1 is 1.36 bits per heavy atom. The van der Waals surface area contributed by atoms with Crippen LogP contribution in [0.4, 0.5) is 23.7 Å². The molecule has 1 amide bonds. The van der Waals surface area contributed by atoms with Crippen LogP contribution in [0.5, 0.6) is 0 Å². The first kappa shape index (κ1) is 16.9. The van der Waals surface area contributed by atoms with Crippen molar-refractivity contribution >= 4 is 17.5 Å². The lowest BCUT2D eigenvalue weighted by Crippen LogP contribution is -2.30. The van der Waals surface area contributed by atoms with Crippen molar-refractivity contribution in [2.45, 2.75) is 12.7 Å². The predicted octanol–water partition coefficient (Wildman–Crippen LogP) is 3.10. The summed E-state index contributed by atoms with van der Waals surface area (Å²) in [6.07, 6.45) is -3.45. The van der Waals surface area contributed by atoms with Gasteiger partial charge in [-0.25, -0.2) is 10.2 Å². The molecule has 1 aromatic carbocycles. The van der Waals surface area contributed by atoms with Crippen LogP contribution < -0.4 is 10.7 Å². The van der Waals surface area contributed by atoms with E-state index in [0.717, 1.165) is 11.8 Å². The zero-order chi connectivity index (χ0) is 18.0. The SMILES string of the molecule is Cn1cccc1CNc1ccc(C2=NNC(=O)OC2)cc1C(F)(F)F. The molecule has 0 atom stereocenters. The molecular formula is C16H15F3N4O2. The van der Waals surface area contributed by atoms with Crippen LogP contribution in [0.2, 0.25) is 0 Å². The third-order valence-corrected chi connectivity index (χ3v) is 3.79. The number of hydrogen-bond donors (Lipinski definition) is 2. The molecule has 2 heterocycles. The Morgan fingerprint density at radius 2 is 2.16 bits per heavy atom. The molecule has 1 aliphatic rings. The predicted molar refractivity (Wildman–Crippen MR) is 85.2 cm³/mol. The van der Waals surface area contributed by atoms with Crippen molar-refractivity contribution in [3.63, 3.8) is 0 Å². The summed E-state index contributed by atoms with van der Waals surface area (Å²) in [5.41, 5.74) is 2.55. The standard InChI is InChI=1S/C16H15F3N4O2/c1-23-6-2-3-11(23)8-20-13-5-4-10(7-12(13)16(17,18)19)14-9-25-15(24)22-21-14/h2-7,20H,8-9H2,1H3,(H,22,24). The molecule has 9 heteroatoms. The Kier molecular flexibility index (Phi) is 4.39. The number of hydrogen-bond acceptors (Lipinski definition) is 4. The number of nitrogens with zero attached hydrogens (tertiary/aromatic N) is 2. The average molecular weight is 352 g/mol. The number of rotatable bonds is 4. The van der Waals surface area contributed by atoms with E-state index < -0.39 is 17.8 Å². The Morgan fingerprint density at radius 3 is 2.76 bits per heavy atom. The summed E-state index contributed by atoms with van der Waals surface area (Å²) >= 11 is 0. The van der Waals surface area contributed by atoms with Gasteiger partial charge in [-0.15, -0.1) is 0 Å². The fourth-order valence-electron chi connectivity index (χ4n) is 2.44. The van der Waals surface area contributed by atoms with E-state index in [-0.39, 0.29) is 30.1 Å². The molecule has 0 radical (unpaired) electrons. The first-order valence-corrected chi connectivity index (χ1v) is 7.39. The van der Waals surface area contributed by atoms with Crippen LogP contribution in [-0.2, 0) is 24.5 Å². The number of aryl methyl sites for hydroxylation is 1. The van der Waals surface area contributed by atoms with Gasteiger partial charge in [0, 0.05) is 30.2 Å². The van der Waals surface area contributed by atoms with E-state index in [0.29, 0.717) is 0 Å². The lowest BCUT2D eigenvalue weighted by Gasteiger charge is -2.18. The maximum absolute atomic E-state index is 13.4. The van der Waals surface area contributed by atoms with Crippen molar-refractivity contribution in [1.29, 1.82) is 0 Å². The summed E-state index contributed by atoms with van der Waals surface area (Å²) in [6, 6.07) is 7.49. The molecule has 2 N–H and O–H groups in total. The second kappa shape index (κ2) is 6.50. The number of carbonyl (C=O) groups excluding carboxylic acids is 1. The lowest BCUT2D eigenvalue weighted by atomic mass is 10.0. The summed E-state index contributed by atoms with van der Waals surface area (Å²) in [6.45, 7) is 0.0747. The molecule has 0 fully saturated rings. The third-order valence-electron chi connectivity index (χ3n) is 3.79. The maximum atomic E-state index is 13.4. The summed E-state index contributed by atoms with van der Waals surface area (Å²) in [7, 11) is 1.82. The van der Waals surface area contributed by atoms with Crippen molar-refractivity contribution in [2.24, 2.45) is 12.1 Å². The Balaban J connectivity index is 1.88. The number of carbonyl (C=O) groups is 1. The molecule has 2 aromatic rings. The topological polar surface area (TPSA) is 67.7 Å². The van der Waals surface area contributed by atoms with Gasteiger partial charge in [0.2, 0.25) is 0 Å². The van der Waals surface area contributed by atoms with E-state index in [1.807, 2.05) is 29.9 Å². The molecule has 25 heavy (non-hydrogen) atoms. The van der Waals surface area contributed by atoms with Gasteiger partial charge >= 0.3 is 12.3 Å². The Labute approximate surface area is 141 Å². The number of nitrogens with one attached hydrogen (secondary N) is 2. The summed E-state index contributed by atoms with van der Waals surface area (Å²) < 4.78 is 46.8. The van der Waals surface area contributed by atoms with Gasteiger partial charge in [-0.2, -0.15) is 18.3 Å². The van der Waals surface area contributed by atoms with Crippen molar-refractivity contribution in [2.75, 3.05) is 11.9 Å². The summed E-state index contributed by atoms with van der Waals surface area (Å²) in [5.74, 6) is 0. The second-order valence-electron chi connectivity index (χ2n) is 5.47. The fraction of sp³-hybridized carbons (Fsp3) is 0.250. The zero-order valence-corrected chi connectivity index (χ0v) is 13.2. The first-order chi connectivity index (χ1) is 11.8. The van der Waals surface area contributed by atoms with Gasteiger partial charge < -0.3 is 14.6 Å². The third kappa shape index (κ3) is 3.76. The van der Waals surface area contributed by atoms with Crippen LogP contribution in [0, 0.1) is 0 Å². The lowest BCUT2D eigenvalue weighted by molar-refractivity contribution is -0.137. The molecule has 0 aliphatic carbocycles. The largest absolute Gasteiger partial charge is 0.442 e. The number of alkyl halides is 3. The van der Waals surface area contributed by atoms with Crippen molar-refractivity contribution in [3.05, 3.63) is 53.3 Å². The molecular weight excluding hydrogens is 337 g/mol. The quantitative estimate of drug-likeness (QED) is 0.889. The number of anilines is 1. The number of halogens is 3. The van der Waals surface area contributed by atoms with Gasteiger partial charge in [0.25, 0.3) is 0 Å². The number of benzene rings is 1. The van der Waals surface area contributed by atoms with E-state index in [1.165, 1.54) is 12.1 Å². The van der Waals surface area contributed by atoms with Crippen LogP contribution in [0.15, 0.2) is 41.6 Å². The number of amides is 1. The Bertz CT molecular complexity index is 827. The highest BCUT2D eigenvalue weighted by Gasteiger charge is 2.34. The van der Waals surface area contributed by atoms with E-state index >= 15 is 0 Å². The number of cyclic esters (lactones) is 1. The van der Waals surface area contributed by atoms with Crippen molar-refractivity contribution < 1.29 is 22.7 Å². The van der Waals surface area contributed by atoms with Gasteiger partial charge in [0.05, 0.1) is 12.1 Å². The van der Waals surface area contributed by atoms with Gasteiger partial charge in [-0.3, -0.25) is 0 Å². The van der Waals surface area contributed by atoms with E-state index in [1.54, 1.807) is 0 Å².